The lowest BCUT2D eigenvalue weighted by atomic mass is 10.0. The number of benzene rings is 2. The summed E-state index contributed by atoms with van der Waals surface area (Å²) in [5.41, 5.74) is 2.65. The minimum atomic E-state index is -0.0840. The molecule has 27 heavy (non-hydrogen) atoms. The van der Waals surface area contributed by atoms with Gasteiger partial charge in [-0.1, -0.05) is 30.3 Å². The summed E-state index contributed by atoms with van der Waals surface area (Å²) in [5.74, 6) is 0.881. The molecule has 1 fully saturated rings. The van der Waals surface area contributed by atoms with Crippen molar-refractivity contribution in [1.82, 2.24) is 5.32 Å². The molecule has 6 nitrogen and oxygen atoms in total. The number of nitrogens with one attached hydrogen (secondary N) is 2. The molecule has 0 radical (unpaired) electrons. The first kappa shape index (κ1) is 17.4. The highest BCUT2D eigenvalue weighted by molar-refractivity contribution is 5.98. The highest BCUT2D eigenvalue weighted by Gasteiger charge is 2.25. The van der Waals surface area contributed by atoms with Gasteiger partial charge in [-0.2, -0.15) is 0 Å². The molecule has 4 rings (SSSR count). The number of hydrogen-bond donors (Lipinski definition) is 2. The predicted octanol–water partition coefficient (Wildman–Crippen LogP) is 2.87. The van der Waals surface area contributed by atoms with Gasteiger partial charge in [-0.15, -0.1) is 0 Å². The van der Waals surface area contributed by atoms with Crippen LogP contribution in [0.5, 0.6) is 5.75 Å². The molecule has 2 aromatic rings. The van der Waals surface area contributed by atoms with E-state index in [2.05, 4.69) is 10.6 Å². The average Bonchev–Trinajstić information content (AvgIpc) is 3.13. The van der Waals surface area contributed by atoms with E-state index in [1.54, 1.807) is 4.90 Å². The molecule has 2 heterocycles. The van der Waals surface area contributed by atoms with Crippen LogP contribution in [0.25, 0.3) is 0 Å². The Morgan fingerprint density at radius 1 is 1.15 bits per heavy atom. The fourth-order valence-electron chi connectivity index (χ4n) is 3.67. The van der Waals surface area contributed by atoms with E-state index in [4.69, 9.17) is 4.74 Å². The molecule has 0 spiro atoms. The first-order valence-corrected chi connectivity index (χ1v) is 9.37. The van der Waals surface area contributed by atoms with Gasteiger partial charge in [0.1, 0.15) is 5.75 Å². The number of carbonyl (C=O) groups excluding carboxylic acids is 2. The number of anilines is 2. The molecule has 0 aliphatic carbocycles. The Bertz CT molecular complexity index is 852. The van der Waals surface area contributed by atoms with Crippen LogP contribution in [0.2, 0.25) is 0 Å². The lowest BCUT2D eigenvalue weighted by Gasteiger charge is -2.27. The number of carbonyl (C=O) groups is 2. The summed E-state index contributed by atoms with van der Waals surface area (Å²) >= 11 is 0. The van der Waals surface area contributed by atoms with E-state index >= 15 is 0 Å². The largest absolute Gasteiger partial charge is 0.493 e. The molecule has 2 aromatic carbocycles. The summed E-state index contributed by atoms with van der Waals surface area (Å²) in [7, 11) is 0. The molecule has 2 N–H and O–H groups in total. The van der Waals surface area contributed by atoms with Crippen LogP contribution >= 0.6 is 0 Å². The Morgan fingerprint density at radius 2 is 1.96 bits per heavy atom. The van der Waals surface area contributed by atoms with Crippen molar-refractivity contribution in [2.75, 3.05) is 29.9 Å². The Kier molecular flexibility index (Phi) is 4.96. The molecule has 140 valence electrons. The molecule has 1 unspecified atom stereocenters. The molecule has 2 aliphatic rings. The molecule has 1 atom stereocenters. The van der Waals surface area contributed by atoms with Crippen LogP contribution in [0.4, 0.5) is 11.4 Å². The summed E-state index contributed by atoms with van der Waals surface area (Å²) in [4.78, 5) is 26.3. The first-order valence-electron chi connectivity index (χ1n) is 9.37. The van der Waals surface area contributed by atoms with Crippen LogP contribution in [-0.2, 0) is 9.59 Å². The summed E-state index contributed by atoms with van der Waals surface area (Å²) in [6, 6.07) is 15.4. The Morgan fingerprint density at radius 3 is 2.81 bits per heavy atom. The van der Waals surface area contributed by atoms with Crippen LogP contribution in [0.1, 0.15) is 30.9 Å². The zero-order valence-electron chi connectivity index (χ0n) is 15.1. The maximum Gasteiger partial charge on any atom is 0.239 e. The van der Waals surface area contributed by atoms with Gasteiger partial charge >= 0.3 is 0 Å². The number of rotatable bonds is 5. The molecular weight excluding hydrogens is 342 g/mol. The topological polar surface area (TPSA) is 70.7 Å². The van der Waals surface area contributed by atoms with Gasteiger partial charge < -0.3 is 20.3 Å². The van der Waals surface area contributed by atoms with E-state index < -0.39 is 0 Å². The molecule has 1 saturated heterocycles. The second-order valence-corrected chi connectivity index (χ2v) is 6.81. The van der Waals surface area contributed by atoms with E-state index in [9.17, 15) is 9.59 Å². The number of hydrogen-bond acceptors (Lipinski definition) is 4. The average molecular weight is 365 g/mol. The lowest BCUT2D eigenvalue weighted by Crippen LogP contribution is -2.36. The van der Waals surface area contributed by atoms with Gasteiger partial charge in [0.15, 0.2) is 0 Å². The fourth-order valence-corrected chi connectivity index (χ4v) is 3.67. The van der Waals surface area contributed by atoms with Crippen molar-refractivity contribution in [1.29, 1.82) is 0 Å². The van der Waals surface area contributed by atoms with E-state index in [0.29, 0.717) is 13.0 Å². The quantitative estimate of drug-likeness (QED) is 0.855. The van der Waals surface area contributed by atoms with Crippen LogP contribution < -0.4 is 20.3 Å². The maximum absolute atomic E-state index is 12.5. The zero-order chi connectivity index (χ0) is 18.6. The van der Waals surface area contributed by atoms with Gasteiger partial charge in [0.05, 0.1) is 30.6 Å². The Hall–Kier alpha value is -3.02. The number of nitrogens with zero attached hydrogens (tertiary/aromatic N) is 1. The van der Waals surface area contributed by atoms with E-state index in [0.717, 1.165) is 42.1 Å². The molecule has 0 bridgehead atoms. The van der Waals surface area contributed by atoms with Gasteiger partial charge in [0, 0.05) is 24.9 Å². The Balaban J connectivity index is 1.40. The summed E-state index contributed by atoms with van der Waals surface area (Å²) in [6.07, 6.45) is 2.20. The lowest BCUT2D eigenvalue weighted by molar-refractivity contribution is -0.120. The fraction of sp³-hybridized carbons (Fsp3) is 0.333. The van der Waals surface area contributed by atoms with Crippen molar-refractivity contribution in [2.24, 2.45) is 0 Å². The zero-order valence-corrected chi connectivity index (χ0v) is 15.1. The standard InChI is InChI=1S/C21H23N3O3/c25-20(23-16-11-13-27-19-9-4-1-6-15(16)19)14-22-17-7-2-3-8-18(17)24-12-5-10-21(24)26/h1-4,6-9,16,22H,5,10-14H2,(H,23,25). The summed E-state index contributed by atoms with van der Waals surface area (Å²) < 4.78 is 5.64. The van der Waals surface area contributed by atoms with Crippen LogP contribution in [0.3, 0.4) is 0 Å². The maximum atomic E-state index is 12.5. The highest BCUT2D eigenvalue weighted by atomic mass is 16.5. The van der Waals surface area contributed by atoms with Crippen molar-refractivity contribution < 1.29 is 14.3 Å². The Labute approximate surface area is 158 Å². The van der Waals surface area contributed by atoms with Crippen LogP contribution in [0.15, 0.2) is 48.5 Å². The smallest absolute Gasteiger partial charge is 0.239 e. The molecule has 0 aromatic heterocycles. The van der Waals surface area contributed by atoms with E-state index in [1.165, 1.54) is 0 Å². The van der Waals surface area contributed by atoms with Crippen molar-refractivity contribution in [2.45, 2.75) is 25.3 Å². The molecular formula is C21H23N3O3. The van der Waals surface area contributed by atoms with E-state index in [1.807, 2.05) is 48.5 Å². The van der Waals surface area contributed by atoms with Crippen molar-refractivity contribution in [3.05, 3.63) is 54.1 Å². The number of ether oxygens (including phenoxy) is 1. The second kappa shape index (κ2) is 7.70. The summed E-state index contributed by atoms with van der Waals surface area (Å²) in [5, 5.41) is 6.27. The number of amides is 2. The van der Waals surface area contributed by atoms with Gasteiger partial charge in [0.2, 0.25) is 11.8 Å². The van der Waals surface area contributed by atoms with Crippen molar-refractivity contribution in [3.63, 3.8) is 0 Å². The van der Waals surface area contributed by atoms with Crippen molar-refractivity contribution >= 4 is 23.2 Å². The predicted molar refractivity (Wildman–Crippen MR) is 104 cm³/mol. The minimum Gasteiger partial charge on any atom is -0.493 e. The molecule has 2 amide bonds. The normalized spacial score (nSPS) is 18.6. The SMILES string of the molecule is O=C(CNc1ccccc1N1CCCC1=O)NC1CCOc2ccccc21. The van der Waals surface area contributed by atoms with Crippen LogP contribution in [-0.4, -0.2) is 31.5 Å². The third-order valence-corrected chi connectivity index (χ3v) is 5.00. The van der Waals surface area contributed by atoms with Crippen LogP contribution in [0, 0.1) is 0 Å². The van der Waals surface area contributed by atoms with E-state index in [-0.39, 0.29) is 24.4 Å². The van der Waals surface area contributed by atoms with Gasteiger partial charge in [-0.3, -0.25) is 9.59 Å². The van der Waals surface area contributed by atoms with Gasteiger partial charge in [-0.25, -0.2) is 0 Å². The highest BCUT2D eigenvalue weighted by Crippen LogP contribution is 2.32. The number of para-hydroxylation sites is 3. The van der Waals surface area contributed by atoms with Gasteiger partial charge in [-0.05, 0) is 24.6 Å². The molecule has 2 aliphatic heterocycles. The molecule has 0 saturated carbocycles. The first-order chi connectivity index (χ1) is 13.2. The summed E-state index contributed by atoms with van der Waals surface area (Å²) in [6.45, 7) is 1.47. The third-order valence-electron chi connectivity index (χ3n) is 5.00. The second-order valence-electron chi connectivity index (χ2n) is 6.81. The monoisotopic (exact) mass is 365 g/mol. The minimum absolute atomic E-state index is 0.0420. The van der Waals surface area contributed by atoms with Crippen molar-refractivity contribution in [3.8, 4) is 5.75 Å². The van der Waals surface area contributed by atoms with Gasteiger partial charge in [0.25, 0.3) is 0 Å². The molecule has 6 heteroatoms. The third kappa shape index (κ3) is 3.74. The number of fused-ring (bicyclic) bond motifs is 1.